The number of hydrogen-bond acceptors (Lipinski definition) is 7. The second kappa shape index (κ2) is 7.02. The molecule has 2 aliphatic rings. The number of carbonyl (C=O) groups excluding carboxylic acids is 1. The lowest BCUT2D eigenvalue weighted by molar-refractivity contribution is -0.173. The molecule has 2 aliphatic heterocycles. The Balaban J connectivity index is 1.75. The Kier molecular flexibility index (Phi) is 4.40. The molecule has 0 bridgehead atoms. The average Bonchev–Trinajstić information content (AvgIpc) is 3.13. The third-order valence-electron chi connectivity index (χ3n) is 5.92. The van der Waals surface area contributed by atoms with Crippen molar-refractivity contribution in [1.82, 2.24) is 9.55 Å². The minimum Gasteiger partial charge on any atom is -0.449 e. The van der Waals surface area contributed by atoms with E-state index in [-0.39, 0.29) is 23.1 Å². The minimum absolute atomic E-state index is 0.0645. The zero-order valence-electron chi connectivity index (χ0n) is 17.2. The van der Waals surface area contributed by atoms with Crippen molar-refractivity contribution < 1.29 is 19.5 Å². The first kappa shape index (κ1) is 19.4. The van der Waals surface area contributed by atoms with Gasteiger partial charge in [0.1, 0.15) is 6.61 Å². The van der Waals surface area contributed by atoms with E-state index in [2.05, 4.69) is 5.16 Å². The molecule has 1 unspecified atom stereocenters. The van der Waals surface area contributed by atoms with Crippen LogP contribution in [0.2, 0.25) is 0 Å². The molecule has 1 N–H and O–H groups in total. The molecule has 0 spiro atoms. The standard InChI is InChI=1S/C23H21N3O5/c1-3-23(29)15-10-17-20-14(9-13-7-5-6-8-16(13)25-20)12-26(17)21(27)19(15)18(31-22(23)28)11-24-30-4-2/h5-11,18,29H,3-4,12H2,1-2H3/b24-11+/t18?,23-/m0/s1. The Morgan fingerprint density at radius 2 is 2.13 bits per heavy atom. The molecule has 3 aromatic rings. The molecule has 158 valence electrons. The molecule has 0 radical (unpaired) electrons. The molecule has 8 nitrogen and oxygen atoms in total. The maximum Gasteiger partial charge on any atom is 0.343 e. The van der Waals surface area contributed by atoms with E-state index >= 15 is 0 Å². The first-order valence-electron chi connectivity index (χ1n) is 10.2. The van der Waals surface area contributed by atoms with E-state index in [1.54, 1.807) is 24.5 Å². The van der Waals surface area contributed by atoms with Gasteiger partial charge in [0, 0.05) is 16.5 Å². The summed E-state index contributed by atoms with van der Waals surface area (Å²) >= 11 is 0. The van der Waals surface area contributed by atoms with E-state index in [0.29, 0.717) is 24.5 Å². The molecule has 31 heavy (non-hydrogen) atoms. The van der Waals surface area contributed by atoms with Gasteiger partial charge >= 0.3 is 5.97 Å². The van der Waals surface area contributed by atoms with Gasteiger partial charge in [0.05, 0.1) is 35.2 Å². The van der Waals surface area contributed by atoms with Gasteiger partial charge in [-0.25, -0.2) is 9.78 Å². The molecule has 2 aromatic heterocycles. The number of benzene rings is 1. The number of carbonyl (C=O) groups is 1. The fourth-order valence-corrected chi connectivity index (χ4v) is 4.30. The number of para-hydroxylation sites is 1. The van der Waals surface area contributed by atoms with E-state index in [9.17, 15) is 14.7 Å². The summed E-state index contributed by atoms with van der Waals surface area (Å²) in [6, 6.07) is 11.4. The highest BCUT2D eigenvalue weighted by atomic mass is 16.6. The molecule has 0 aliphatic carbocycles. The average molecular weight is 419 g/mol. The fourth-order valence-electron chi connectivity index (χ4n) is 4.30. The van der Waals surface area contributed by atoms with Crippen molar-refractivity contribution in [3.05, 3.63) is 63.4 Å². The zero-order chi connectivity index (χ0) is 21.8. The van der Waals surface area contributed by atoms with Crippen LogP contribution in [0, 0.1) is 0 Å². The van der Waals surface area contributed by atoms with Crippen molar-refractivity contribution in [2.75, 3.05) is 6.61 Å². The van der Waals surface area contributed by atoms with Crippen LogP contribution in [0.1, 0.15) is 43.1 Å². The highest BCUT2D eigenvalue weighted by molar-refractivity contribution is 5.89. The second-order valence-corrected chi connectivity index (χ2v) is 7.65. The normalized spacial score (nSPS) is 21.6. The summed E-state index contributed by atoms with van der Waals surface area (Å²) in [5.74, 6) is -0.815. The van der Waals surface area contributed by atoms with Crippen LogP contribution < -0.4 is 5.56 Å². The number of ether oxygens (including phenoxy) is 1. The molecule has 1 aromatic carbocycles. The predicted molar refractivity (Wildman–Crippen MR) is 114 cm³/mol. The van der Waals surface area contributed by atoms with Crippen LogP contribution in [0.5, 0.6) is 0 Å². The molecule has 0 fully saturated rings. The Morgan fingerprint density at radius 1 is 1.32 bits per heavy atom. The highest BCUT2D eigenvalue weighted by Crippen LogP contribution is 2.41. The zero-order valence-corrected chi connectivity index (χ0v) is 17.2. The van der Waals surface area contributed by atoms with E-state index in [4.69, 9.17) is 14.6 Å². The Labute approximate surface area is 177 Å². The second-order valence-electron chi connectivity index (χ2n) is 7.65. The summed E-state index contributed by atoms with van der Waals surface area (Å²) < 4.78 is 7.00. The highest BCUT2D eigenvalue weighted by Gasteiger charge is 2.48. The van der Waals surface area contributed by atoms with E-state index in [0.717, 1.165) is 16.5 Å². The summed E-state index contributed by atoms with van der Waals surface area (Å²) in [7, 11) is 0. The van der Waals surface area contributed by atoms with Crippen LogP contribution in [0.3, 0.4) is 0 Å². The maximum atomic E-state index is 13.6. The van der Waals surface area contributed by atoms with Crippen LogP contribution in [-0.2, 0) is 26.5 Å². The Hall–Kier alpha value is -3.52. The number of fused-ring (bicyclic) bond motifs is 5. The van der Waals surface area contributed by atoms with Crippen LogP contribution in [-0.4, -0.2) is 33.4 Å². The molecule has 0 saturated heterocycles. The first-order chi connectivity index (χ1) is 15.0. The molecule has 0 saturated carbocycles. The summed E-state index contributed by atoms with van der Waals surface area (Å²) in [5, 5.41) is 15.9. The summed E-state index contributed by atoms with van der Waals surface area (Å²) in [6.45, 7) is 4.12. The molecule has 0 amide bonds. The first-order valence-corrected chi connectivity index (χ1v) is 10.2. The summed E-state index contributed by atoms with van der Waals surface area (Å²) in [5.41, 5.74) is 1.13. The molecule has 8 heteroatoms. The predicted octanol–water partition coefficient (Wildman–Crippen LogP) is 2.64. The molecular weight excluding hydrogens is 398 g/mol. The molecule has 2 atom stereocenters. The van der Waals surface area contributed by atoms with Crippen molar-refractivity contribution in [2.45, 2.75) is 38.5 Å². The lowest BCUT2D eigenvalue weighted by Gasteiger charge is -2.34. The number of nitrogens with zero attached hydrogens (tertiary/aromatic N) is 3. The number of aliphatic hydroxyl groups is 1. The van der Waals surface area contributed by atoms with Crippen molar-refractivity contribution in [3.8, 4) is 11.4 Å². The van der Waals surface area contributed by atoms with Crippen molar-refractivity contribution >= 4 is 23.1 Å². The molecule has 4 heterocycles. The Morgan fingerprint density at radius 3 is 2.90 bits per heavy atom. The number of rotatable bonds is 4. The maximum absolute atomic E-state index is 13.6. The van der Waals surface area contributed by atoms with Gasteiger partial charge in [0.2, 0.25) is 0 Å². The van der Waals surface area contributed by atoms with Crippen LogP contribution in [0.4, 0.5) is 0 Å². The minimum atomic E-state index is -1.92. The molecular formula is C23H21N3O5. The van der Waals surface area contributed by atoms with Crippen molar-refractivity contribution in [2.24, 2.45) is 5.16 Å². The Bertz CT molecular complexity index is 1310. The van der Waals surface area contributed by atoms with Gasteiger partial charge in [0.15, 0.2) is 11.7 Å². The van der Waals surface area contributed by atoms with Gasteiger partial charge in [-0.2, -0.15) is 0 Å². The number of aromatic nitrogens is 2. The lowest BCUT2D eigenvalue weighted by Crippen LogP contribution is -2.46. The third kappa shape index (κ3) is 2.79. The fraction of sp³-hybridized carbons (Fsp3) is 0.304. The van der Waals surface area contributed by atoms with Gasteiger partial charge in [-0.15, -0.1) is 0 Å². The number of cyclic esters (lactones) is 1. The summed E-state index contributed by atoms with van der Waals surface area (Å²) in [6.07, 6.45) is 0.301. The van der Waals surface area contributed by atoms with E-state index in [1.165, 1.54) is 6.21 Å². The lowest BCUT2D eigenvalue weighted by atomic mass is 9.83. The van der Waals surface area contributed by atoms with Gasteiger partial charge in [-0.05, 0) is 31.5 Å². The number of oxime groups is 1. The smallest absolute Gasteiger partial charge is 0.343 e. The monoisotopic (exact) mass is 419 g/mol. The van der Waals surface area contributed by atoms with Crippen LogP contribution in [0.25, 0.3) is 22.3 Å². The topological polar surface area (TPSA) is 103 Å². The molecule has 5 rings (SSSR count). The number of pyridine rings is 2. The quantitative estimate of drug-likeness (QED) is 0.310. The van der Waals surface area contributed by atoms with E-state index in [1.807, 2.05) is 30.3 Å². The van der Waals surface area contributed by atoms with Gasteiger partial charge in [-0.3, -0.25) is 4.79 Å². The van der Waals surface area contributed by atoms with Crippen molar-refractivity contribution in [3.63, 3.8) is 0 Å². The van der Waals surface area contributed by atoms with Crippen LogP contribution in [0.15, 0.2) is 46.3 Å². The van der Waals surface area contributed by atoms with Gasteiger partial charge in [0.25, 0.3) is 5.56 Å². The van der Waals surface area contributed by atoms with E-state index < -0.39 is 17.7 Å². The third-order valence-corrected chi connectivity index (χ3v) is 5.92. The number of hydrogen-bond donors (Lipinski definition) is 1. The van der Waals surface area contributed by atoms with Gasteiger partial charge in [-0.1, -0.05) is 30.3 Å². The van der Waals surface area contributed by atoms with Crippen LogP contribution >= 0.6 is 0 Å². The van der Waals surface area contributed by atoms with Crippen molar-refractivity contribution in [1.29, 1.82) is 0 Å². The summed E-state index contributed by atoms with van der Waals surface area (Å²) in [4.78, 5) is 36.0. The van der Waals surface area contributed by atoms with Gasteiger partial charge < -0.3 is 19.2 Å². The SMILES string of the molecule is CCO/N=C/C1OC(=O)[C@](O)(CC)c2cc3n(c(=O)c21)Cc1cc2ccccc2nc1-3. The largest absolute Gasteiger partial charge is 0.449 e. The number of esters is 1.